The van der Waals surface area contributed by atoms with E-state index < -0.39 is 14.9 Å². The highest BCUT2D eigenvalue weighted by molar-refractivity contribution is 7.89. The van der Waals surface area contributed by atoms with Gasteiger partial charge in [0.05, 0.1) is 22.8 Å². The van der Waals surface area contributed by atoms with E-state index >= 15 is 0 Å². The van der Waals surface area contributed by atoms with Gasteiger partial charge in [-0.2, -0.15) is 0 Å². The van der Waals surface area contributed by atoms with Crippen molar-refractivity contribution in [2.75, 3.05) is 5.73 Å². The van der Waals surface area contributed by atoms with Crippen molar-refractivity contribution in [2.45, 2.75) is 18.4 Å². The average molecular weight is 312 g/mol. The smallest absolute Gasteiger partial charge is 0.271 e. The van der Waals surface area contributed by atoms with Crippen molar-refractivity contribution in [1.29, 1.82) is 0 Å². The zero-order chi connectivity index (χ0) is 15.6. The number of anilines is 1. The number of aromatic nitrogens is 1. The van der Waals surface area contributed by atoms with Gasteiger partial charge in [0.25, 0.3) is 5.69 Å². The van der Waals surface area contributed by atoms with Gasteiger partial charge in [-0.15, -0.1) is 0 Å². The fourth-order valence-corrected chi connectivity index (χ4v) is 2.75. The van der Waals surface area contributed by atoms with Gasteiger partial charge in [0.2, 0.25) is 10.0 Å². The van der Waals surface area contributed by atoms with Crippen LogP contribution in [0.2, 0.25) is 0 Å². The van der Waals surface area contributed by atoms with Gasteiger partial charge in [0.1, 0.15) is 10.7 Å². The second-order valence-electron chi connectivity index (χ2n) is 4.23. The van der Waals surface area contributed by atoms with Gasteiger partial charge in [-0.3, -0.25) is 10.1 Å². The van der Waals surface area contributed by atoms with E-state index in [9.17, 15) is 18.5 Å². The van der Waals surface area contributed by atoms with Crippen LogP contribution in [0.25, 0.3) is 0 Å². The zero-order valence-corrected chi connectivity index (χ0v) is 11.8. The lowest BCUT2D eigenvalue weighted by molar-refractivity contribution is -0.384. The van der Waals surface area contributed by atoms with Gasteiger partial charge < -0.3 is 10.3 Å². The summed E-state index contributed by atoms with van der Waals surface area (Å²) >= 11 is 0. The van der Waals surface area contributed by atoms with Crippen LogP contribution in [0.5, 0.6) is 0 Å². The minimum absolute atomic E-state index is 0.0733. The lowest BCUT2D eigenvalue weighted by Gasteiger charge is -2.07. The first-order valence-corrected chi connectivity index (χ1v) is 7.23. The summed E-state index contributed by atoms with van der Waals surface area (Å²) in [5, 5.41) is 14.2. The number of non-ortho nitro benzene ring substituents is 1. The van der Waals surface area contributed by atoms with Crippen LogP contribution in [0.15, 0.2) is 33.7 Å². The van der Waals surface area contributed by atoms with Crippen LogP contribution in [-0.2, 0) is 16.6 Å². The summed E-state index contributed by atoms with van der Waals surface area (Å²) in [7, 11) is -3.90. The standard InChI is InChI=1S/C11H12N4O5S/c1-7-4-8(14-20-7)6-13-21(18,19)11-3-2-9(15(16)17)5-10(11)12/h2-5,13H,6,12H2,1H3. The van der Waals surface area contributed by atoms with Crippen LogP contribution >= 0.6 is 0 Å². The fraction of sp³-hybridized carbons (Fsp3) is 0.182. The Hall–Kier alpha value is -2.46. The normalized spacial score (nSPS) is 11.5. The minimum Gasteiger partial charge on any atom is -0.397 e. The molecular weight excluding hydrogens is 300 g/mol. The highest BCUT2D eigenvalue weighted by atomic mass is 32.2. The number of benzene rings is 1. The molecule has 0 spiro atoms. The predicted octanol–water partition coefficient (Wildman–Crippen LogP) is 0.952. The third kappa shape index (κ3) is 3.35. The molecule has 3 N–H and O–H groups in total. The molecule has 1 aromatic heterocycles. The molecule has 1 aromatic carbocycles. The largest absolute Gasteiger partial charge is 0.397 e. The third-order valence-electron chi connectivity index (χ3n) is 2.61. The summed E-state index contributed by atoms with van der Waals surface area (Å²) in [6.45, 7) is 1.61. The Bertz CT molecular complexity index is 784. The van der Waals surface area contributed by atoms with Crippen LogP contribution in [0.4, 0.5) is 11.4 Å². The summed E-state index contributed by atoms with van der Waals surface area (Å²) in [5.41, 5.74) is 5.49. The van der Waals surface area contributed by atoms with Crippen molar-refractivity contribution in [1.82, 2.24) is 9.88 Å². The monoisotopic (exact) mass is 312 g/mol. The quantitative estimate of drug-likeness (QED) is 0.475. The Morgan fingerprint density at radius 2 is 2.14 bits per heavy atom. The van der Waals surface area contributed by atoms with Crippen molar-refractivity contribution in [2.24, 2.45) is 0 Å². The molecule has 0 fully saturated rings. The predicted molar refractivity (Wildman–Crippen MR) is 72.8 cm³/mol. The zero-order valence-electron chi connectivity index (χ0n) is 10.9. The average Bonchev–Trinajstić information content (AvgIpc) is 2.82. The maximum atomic E-state index is 12.1. The maximum Gasteiger partial charge on any atom is 0.271 e. The Labute approximate surface area is 119 Å². The second kappa shape index (κ2) is 5.50. The topological polar surface area (TPSA) is 141 Å². The van der Waals surface area contributed by atoms with E-state index in [4.69, 9.17) is 10.3 Å². The van der Waals surface area contributed by atoms with Crippen molar-refractivity contribution < 1.29 is 17.9 Å². The number of nitrogens with one attached hydrogen (secondary N) is 1. The molecule has 0 saturated carbocycles. The Morgan fingerprint density at radius 1 is 1.43 bits per heavy atom. The van der Waals surface area contributed by atoms with Crippen molar-refractivity contribution in [3.05, 3.63) is 45.8 Å². The summed E-state index contributed by atoms with van der Waals surface area (Å²) in [6, 6.07) is 4.74. The van der Waals surface area contributed by atoms with Crippen LogP contribution in [0.1, 0.15) is 11.5 Å². The third-order valence-corrected chi connectivity index (χ3v) is 4.09. The molecule has 2 aromatic rings. The van der Waals surface area contributed by atoms with Gasteiger partial charge in [-0.1, -0.05) is 5.16 Å². The van der Waals surface area contributed by atoms with Gasteiger partial charge in [-0.05, 0) is 13.0 Å². The molecule has 0 amide bonds. The van der Waals surface area contributed by atoms with E-state index in [0.717, 1.165) is 18.2 Å². The van der Waals surface area contributed by atoms with Crippen molar-refractivity contribution >= 4 is 21.4 Å². The van der Waals surface area contributed by atoms with Gasteiger partial charge in [-0.25, -0.2) is 13.1 Å². The van der Waals surface area contributed by atoms with Crippen LogP contribution in [0, 0.1) is 17.0 Å². The van der Waals surface area contributed by atoms with Gasteiger partial charge in [0, 0.05) is 18.2 Å². The van der Waals surface area contributed by atoms with E-state index in [0.29, 0.717) is 11.5 Å². The van der Waals surface area contributed by atoms with E-state index in [1.807, 2.05) is 0 Å². The molecule has 10 heteroatoms. The fourth-order valence-electron chi connectivity index (χ4n) is 1.64. The lowest BCUT2D eigenvalue weighted by Crippen LogP contribution is -2.24. The number of aryl methyl sites for hydroxylation is 1. The van der Waals surface area contributed by atoms with E-state index in [2.05, 4.69) is 9.88 Å². The van der Waals surface area contributed by atoms with Crippen LogP contribution in [-0.4, -0.2) is 18.5 Å². The highest BCUT2D eigenvalue weighted by Gasteiger charge is 2.20. The molecule has 1 heterocycles. The summed E-state index contributed by atoms with van der Waals surface area (Å²) in [5.74, 6) is 0.555. The number of nitro benzene ring substituents is 1. The van der Waals surface area contributed by atoms with E-state index in [1.54, 1.807) is 13.0 Å². The summed E-state index contributed by atoms with van der Waals surface area (Å²) < 4.78 is 31.3. The van der Waals surface area contributed by atoms with Crippen molar-refractivity contribution in [3.63, 3.8) is 0 Å². The van der Waals surface area contributed by atoms with Crippen LogP contribution < -0.4 is 10.5 Å². The number of hydrogen-bond donors (Lipinski definition) is 2. The molecule has 21 heavy (non-hydrogen) atoms. The molecule has 9 nitrogen and oxygen atoms in total. The summed E-state index contributed by atoms with van der Waals surface area (Å²) in [4.78, 5) is 9.71. The Kier molecular flexibility index (Phi) is 3.91. The molecule has 0 aliphatic heterocycles. The number of nitro groups is 1. The lowest BCUT2D eigenvalue weighted by atomic mass is 10.3. The molecule has 2 rings (SSSR count). The molecule has 0 aliphatic carbocycles. The number of sulfonamides is 1. The molecular formula is C11H12N4O5S. The molecule has 0 aliphatic rings. The molecule has 0 atom stereocenters. The number of rotatable bonds is 5. The molecule has 112 valence electrons. The first-order chi connectivity index (χ1) is 9.79. The SMILES string of the molecule is Cc1cc(CNS(=O)(=O)c2ccc([N+](=O)[O-])cc2N)no1. The molecule has 0 bridgehead atoms. The minimum atomic E-state index is -3.90. The molecule has 0 unspecified atom stereocenters. The highest BCUT2D eigenvalue weighted by Crippen LogP contribution is 2.23. The van der Waals surface area contributed by atoms with Crippen molar-refractivity contribution in [3.8, 4) is 0 Å². The first kappa shape index (κ1) is 14.9. The number of nitrogens with zero attached hydrogens (tertiary/aromatic N) is 2. The number of hydrogen-bond acceptors (Lipinski definition) is 7. The molecule has 0 radical (unpaired) electrons. The second-order valence-corrected chi connectivity index (χ2v) is 5.97. The van der Waals surface area contributed by atoms with E-state index in [-0.39, 0.29) is 22.8 Å². The first-order valence-electron chi connectivity index (χ1n) is 5.75. The maximum absolute atomic E-state index is 12.1. The Balaban J connectivity index is 2.21. The Morgan fingerprint density at radius 3 is 2.67 bits per heavy atom. The van der Waals surface area contributed by atoms with E-state index in [1.165, 1.54) is 0 Å². The molecule has 0 saturated heterocycles. The summed E-state index contributed by atoms with van der Waals surface area (Å²) in [6.07, 6.45) is 0. The van der Waals surface area contributed by atoms with Crippen LogP contribution in [0.3, 0.4) is 0 Å². The number of nitrogen functional groups attached to an aromatic ring is 1. The van der Waals surface area contributed by atoms with Gasteiger partial charge in [0.15, 0.2) is 0 Å². The van der Waals surface area contributed by atoms with Gasteiger partial charge >= 0.3 is 0 Å². The number of nitrogens with two attached hydrogens (primary N) is 1.